The van der Waals surface area contributed by atoms with E-state index < -0.39 is 35.6 Å². The van der Waals surface area contributed by atoms with E-state index in [0.29, 0.717) is 49.3 Å². The third-order valence-electron chi connectivity index (χ3n) is 8.81. The number of benzene rings is 2. The highest BCUT2D eigenvalue weighted by Gasteiger charge is 2.44. The van der Waals surface area contributed by atoms with Crippen LogP contribution in [0.3, 0.4) is 0 Å². The number of nitrogens with one attached hydrogen (secondary N) is 4. The molecule has 0 radical (unpaired) electrons. The van der Waals surface area contributed by atoms with E-state index in [1.54, 1.807) is 35.8 Å². The Morgan fingerprint density at radius 3 is 1.33 bits per heavy atom. The van der Waals surface area contributed by atoms with Gasteiger partial charge in [-0.25, -0.2) is 0 Å². The molecule has 2 aliphatic heterocycles. The molecule has 2 aliphatic rings. The second-order valence-corrected chi connectivity index (χ2v) is 17.0. The first-order valence-electron chi connectivity index (χ1n) is 18.0. The topological polar surface area (TPSA) is 172 Å². The summed E-state index contributed by atoms with van der Waals surface area (Å²) in [5.41, 5.74) is 0.476. The predicted molar refractivity (Wildman–Crippen MR) is 207 cm³/mol. The van der Waals surface area contributed by atoms with Crippen LogP contribution in [0.2, 0.25) is 0 Å². The summed E-state index contributed by atoms with van der Waals surface area (Å²) in [5, 5.41) is 11.4. The van der Waals surface area contributed by atoms with Gasteiger partial charge in [0.1, 0.15) is 23.7 Å². The third kappa shape index (κ3) is 13.0. The van der Waals surface area contributed by atoms with Crippen molar-refractivity contribution in [1.29, 1.82) is 0 Å². The van der Waals surface area contributed by atoms with Gasteiger partial charge in [-0.15, -0.1) is 0 Å². The lowest BCUT2D eigenvalue weighted by molar-refractivity contribution is -0.258. The zero-order valence-electron chi connectivity index (χ0n) is 31.9. The van der Waals surface area contributed by atoms with Crippen LogP contribution in [-0.2, 0) is 38.1 Å². The van der Waals surface area contributed by atoms with E-state index in [9.17, 15) is 19.2 Å². The maximum Gasteiger partial charge on any atom is 0.249 e. The summed E-state index contributed by atoms with van der Waals surface area (Å²) in [5.74, 6) is 1.90. The van der Waals surface area contributed by atoms with Gasteiger partial charge in [0.15, 0.2) is 12.6 Å². The SMILES string of the molecule is COc1ccc(C2OCC(C)(C)[C@H](C(=O)NCCC(=O)NCCSSCCNC(=O)CCNC(=O)[C@@H]3OC(c4ccc(OC)cc4)OCC3(C)C)O2)cc1. The minimum atomic E-state index is -0.745. The molecule has 2 aromatic carbocycles. The Hall–Kier alpha value is -3.54. The molecule has 298 valence electrons. The molecular weight excluding hydrogens is 737 g/mol. The maximum atomic E-state index is 13.0. The van der Waals surface area contributed by atoms with Crippen LogP contribution >= 0.6 is 21.6 Å². The largest absolute Gasteiger partial charge is 0.497 e. The molecular formula is C38H54N4O10S2. The fraction of sp³-hybridized carbons (Fsp3) is 0.579. The van der Waals surface area contributed by atoms with Crippen molar-refractivity contribution in [2.45, 2.75) is 65.3 Å². The van der Waals surface area contributed by atoms with E-state index in [1.165, 1.54) is 0 Å². The normalized spacial score (nSPS) is 21.7. The summed E-state index contributed by atoms with van der Waals surface area (Å²) in [6.07, 6.45) is -2.56. The van der Waals surface area contributed by atoms with Gasteiger partial charge in [0.25, 0.3) is 0 Å². The summed E-state index contributed by atoms with van der Waals surface area (Å²) in [4.78, 5) is 50.7. The number of amides is 4. The van der Waals surface area contributed by atoms with Gasteiger partial charge in [-0.05, 0) is 24.3 Å². The fourth-order valence-electron chi connectivity index (χ4n) is 5.67. The van der Waals surface area contributed by atoms with Crippen LogP contribution in [0.15, 0.2) is 48.5 Å². The van der Waals surface area contributed by atoms with Crippen molar-refractivity contribution in [2.24, 2.45) is 10.8 Å². The van der Waals surface area contributed by atoms with Crippen molar-refractivity contribution in [1.82, 2.24) is 21.3 Å². The van der Waals surface area contributed by atoms with Gasteiger partial charge in [-0.3, -0.25) is 19.2 Å². The molecule has 2 aromatic rings. The second-order valence-electron chi connectivity index (χ2n) is 14.3. The number of methoxy groups -OCH3 is 2. The van der Waals surface area contributed by atoms with Crippen molar-refractivity contribution in [3.63, 3.8) is 0 Å². The summed E-state index contributed by atoms with van der Waals surface area (Å²) in [6, 6.07) is 14.6. The molecule has 2 saturated heterocycles. The minimum absolute atomic E-state index is 0.145. The molecule has 14 nitrogen and oxygen atoms in total. The average Bonchev–Trinajstić information content (AvgIpc) is 3.15. The van der Waals surface area contributed by atoms with E-state index >= 15 is 0 Å². The van der Waals surface area contributed by atoms with Gasteiger partial charge in [0.2, 0.25) is 23.6 Å². The first kappa shape index (κ1) is 43.2. The van der Waals surface area contributed by atoms with Gasteiger partial charge in [-0.2, -0.15) is 0 Å². The van der Waals surface area contributed by atoms with Crippen molar-refractivity contribution in [3.05, 3.63) is 59.7 Å². The van der Waals surface area contributed by atoms with Crippen molar-refractivity contribution >= 4 is 45.2 Å². The molecule has 0 bridgehead atoms. The molecule has 4 atom stereocenters. The van der Waals surface area contributed by atoms with Crippen LogP contribution in [0.1, 0.15) is 64.2 Å². The Bertz CT molecular complexity index is 1410. The van der Waals surface area contributed by atoms with Gasteiger partial charge < -0.3 is 49.7 Å². The molecule has 2 unspecified atom stereocenters. The fourth-order valence-corrected chi connectivity index (χ4v) is 7.49. The second kappa shape index (κ2) is 20.9. The smallest absolute Gasteiger partial charge is 0.249 e. The van der Waals surface area contributed by atoms with Gasteiger partial charge in [0, 0.05) is 72.5 Å². The zero-order chi connectivity index (χ0) is 39.1. The standard InChI is InChI=1S/C38H54N4O10S2/c1-37(2)23-49-35(25-7-11-27(47-5)12-8-25)51-31(37)33(45)41-17-15-29(43)39-19-21-53-54-22-20-40-30(44)16-18-42-34(46)32-38(3,4)24-50-36(52-32)26-9-13-28(48-6)14-10-26/h7-14,31-32,35-36H,15-24H2,1-6H3,(H,39,43)(H,40,44)(H,41,45)(H,42,46)/t31-,32-,35?,36?/m0/s1. The molecule has 0 aliphatic carbocycles. The van der Waals surface area contributed by atoms with E-state index in [2.05, 4.69) is 21.3 Å². The van der Waals surface area contributed by atoms with E-state index in [0.717, 1.165) is 11.1 Å². The summed E-state index contributed by atoms with van der Waals surface area (Å²) >= 11 is 0. The van der Waals surface area contributed by atoms with Crippen LogP contribution in [0.25, 0.3) is 0 Å². The van der Waals surface area contributed by atoms with Crippen LogP contribution in [0.4, 0.5) is 0 Å². The molecule has 4 rings (SSSR count). The molecule has 54 heavy (non-hydrogen) atoms. The lowest BCUT2D eigenvalue weighted by atomic mass is 9.85. The number of carbonyl (C=O) groups is 4. The van der Waals surface area contributed by atoms with E-state index in [-0.39, 0.29) is 49.6 Å². The number of rotatable bonds is 19. The first-order chi connectivity index (χ1) is 25.8. The highest BCUT2D eigenvalue weighted by Crippen LogP contribution is 2.38. The van der Waals surface area contributed by atoms with E-state index in [1.807, 2.05) is 76.2 Å². The van der Waals surface area contributed by atoms with Crippen molar-refractivity contribution < 1.29 is 47.6 Å². The molecule has 2 heterocycles. The Morgan fingerprint density at radius 2 is 0.981 bits per heavy atom. The van der Waals surface area contributed by atoms with E-state index in [4.69, 9.17) is 28.4 Å². The summed E-state index contributed by atoms with van der Waals surface area (Å²) in [7, 11) is 6.37. The predicted octanol–water partition coefficient (Wildman–Crippen LogP) is 3.91. The molecule has 4 N–H and O–H groups in total. The maximum absolute atomic E-state index is 13.0. The Kier molecular flexibility index (Phi) is 16.8. The van der Waals surface area contributed by atoms with Crippen LogP contribution < -0.4 is 30.7 Å². The van der Waals surface area contributed by atoms with Gasteiger partial charge in [-0.1, -0.05) is 73.5 Å². The first-order valence-corrected chi connectivity index (χ1v) is 20.5. The minimum Gasteiger partial charge on any atom is -0.497 e. The van der Waals surface area contributed by atoms with Gasteiger partial charge >= 0.3 is 0 Å². The zero-order valence-corrected chi connectivity index (χ0v) is 33.5. The number of hydrogen-bond donors (Lipinski definition) is 4. The number of ether oxygens (including phenoxy) is 6. The lowest BCUT2D eigenvalue weighted by Crippen LogP contribution is -2.52. The highest BCUT2D eigenvalue weighted by molar-refractivity contribution is 8.76. The third-order valence-corrected chi connectivity index (χ3v) is 11.2. The van der Waals surface area contributed by atoms with Crippen LogP contribution in [-0.4, -0.2) is 101 Å². The quantitative estimate of drug-likeness (QED) is 0.120. The summed E-state index contributed by atoms with van der Waals surface area (Å²) < 4.78 is 34.3. The van der Waals surface area contributed by atoms with Crippen molar-refractivity contribution in [2.75, 3.05) is 65.1 Å². The van der Waals surface area contributed by atoms with Crippen LogP contribution in [0.5, 0.6) is 11.5 Å². The monoisotopic (exact) mass is 790 g/mol. The Morgan fingerprint density at radius 1 is 0.611 bits per heavy atom. The molecule has 2 fully saturated rings. The Labute approximate surface area is 325 Å². The summed E-state index contributed by atoms with van der Waals surface area (Å²) in [6.45, 7) is 9.63. The molecule has 0 spiro atoms. The lowest BCUT2D eigenvalue weighted by Gasteiger charge is -2.41. The molecule has 16 heteroatoms. The average molecular weight is 791 g/mol. The van der Waals surface area contributed by atoms with Crippen LogP contribution in [0, 0.1) is 10.8 Å². The van der Waals surface area contributed by atoms with Gasteiger partial charge in [0.05, 0.1) is 27.4 Å². The molecule has 0 saturated carbocycles. The number of hydrogen-bond acceptors (Lipinski definition) is 12. The molecule has 0 aromatic heterocycles. The molecule has 4 amide bonds. The number of carbonyl (C=O) groups excluding carboxylic acids is 4. The Balaban J connectivity index is 1.02. The van der Waals surface area contributed by atoms with Crippen molar-refractivity contribution in [3.8, 4) is 11.5 Å². The highest BCUT2D eigenvalue weighted by atomic mass is 33.1.